The maximum Gasteiger partial charge on any atom is 0.147 e. The minimum absolute atomic E-state index is 0.0643. The van der Waals surface area contributed by atoms with E-state index in [-0.39, 0.29) is 5.75 Å². The Hall–Kier alpha value is -3.89. The Morgan fingerprint density at radius 1 is 0.750 bits per heavy atom. The van der Waals surface area contributed by atoms with E-state index in [9.17, 15) is 8.42 Å². The maximum absolute atomic E-state index is 11.2. The number of nitrogens with zero attached hydrogens (tertiary/aromatic N) is 4. The molecule has 0 bridgehead atoms. The Morgan fingerprint density at radius 2 is 1.25 bits per heavy atom. The quantitative estimate of drug-likeness (QED) is 0.381. The largest absolute Gasteiger partial charge is 0.497 e. The van der Waals surface area contributed by atoms with Crippen LogP contribution in [0.15, 0.2) is 73.1 Å². The Kier molecular flexibility index (Phi) is 9.43. The number of methoxy groups -OCH3 is 2. The standard InChI is InChI=1S/C14H16N2O3S.C12H13N3O/c1-19-12-9-11(6-8-20(2,17)18)16-14(10-12)13-5-3-4-7-15-13;1-16-10-6-9(8-13)15-12(7-10)11-4-2-3-5-14-11/h3-5,7,9-10H,6,8H2,1-2H3;2-7H,8,13H2,1H3. The molecule has 9 nitrogen and oxygen atoms in total. The molecular weight excluding hydrogens is 478 g/mol. The van der Waals surface area contributed by atoms with Crippen LogP contribution in [0.1, 0.15) is 11.4 Å². The van der Waals surface area contributed by atoms with Gasteiger partial charge in [0.1, 0.15) is 21.3 Å². The van der Waals surface area contributed by atoms with Crippen molar-refractivity contribution in [2.45, 2.75) is 13.0 Å². The zero-order valence-electron chi connectivity index (χ0n) is 20.5. The van der Waals surface area contributed by atoms with Crippen LogP contribution >= 0.6 is 0 Å². The summed E-state index contributed by atoms with van der Waals surface area (Å²) in [4.78, 5) is 17.3. The number of ether oxygens (including phenoxy) is 2. The van der Waals surface area contributed by atoms with E-state index < -0.39 is 9.84 Å². The molecule has 2 N–H and O–H groups in total. The maximum atomic E-state index is 11.2. The second-order valence-corrected chi connectivity index (χ2v) is 10.0. The first-order valence-corrected chi connectivity index (χ1v) is 13.2. The van der Waals surface area contributed by atoms with Crippen LogP contribution in [0.3, 0.4) is 0 Å². The second-order valence-electron chi connectivity index (χ2n) is 7.78. The van der Waals surface area contributed by atoms with Gasteiger partial charge in [0.05, 0.1) is 48.4 Å². The van der Waals surface area contributed by atoms with Gasteiger partial charge in [-0.25, -0.2) is 13.4 Å². The van der Waals surface area contributed by atoms with Gasteiger partial charge in [0.15, 0.2) is 0 Å². The number of aryl methyl sites for hydroxylation is 1. The molecular formula is C26H29N5O4S. The van der Waals surface area contributed by atoms with Crippen molar-refractivity contribution in [1.29, 1.82) is 0 Å². The van der Waals surface area contributed by atoms with E-state index >= 15 is 0 Å². The third-order valence-electron chi connectivity index (χ3n) is 4.97. The molecule has 0 saturated heterocycles. The van der Waals surface area contributed by atoms with Crippen molar-refractivity contribution in [2.75, 3.05) is 26.2 Å². The van der Waals surface area contributed by atoms with Gasteiger partial charge < -0.3 is 15.2 Å². The van der Waals surface area contributed by atoms with E-state index in [0.29, 0.717) is 30.1 Å². The molecule has 36 heavy (non-hydrogen) atoms. The van der Waals surface area contributed by atoms with E-state index in [4.69, 9.17) is 15.2 Å². The second kappa shape index (κ2) is 12.7. The van der Waals surface area contributed by atoms with Gasteiger partial charge in [0.2, 0.25) is 0 Å². The van der Waals surface area contributed by atoms with Gasteiger partial charge in [-0.15, -0.1) is 0 Å². The first-order chi connectivity index (χ1) is 17.3. The zero-order valence-corrected chi connectivity index (χ0v) is 21.3. The minimum atomic E-state index is -3.02. The normalized spacial score (nSPS) is 10.8. The van der Waals surface area contributed by atoms with Crippen LogP contribution in [0.4, 0.5) is 0 Å². The van der Waals surface area contributed by atoms with Crippen molar-refractivity contribution >= 4 is 9.84 Å². The molecule has 0 aromatic carbocycles. The predicted octanol–water partition coefficient (Wildman–Crippen LogP) is 3.35. The number of nitrogens with two attached hydrogens (primary N) is 1. The van der Waals surface area contributed by atoms with E-state index in [1.807, 2.05) is 48.5 Å². The molecule has 0 radical (unpaired) electrons. The topological polar surface area (TPSA) is 130 Å². The van der Waals surface area contributed by atoms with Crippen LogP contribution in [-0.4, -0.2) is 54.6 Å². The van der Waals surface area contributed by atoms with Crippen molar-refractivity contribution in [3.05, 3.63) is 84.4 Å². The summed E-state index contributed by atoms with van der Waals surface area (Å²) in [6.45, 7) is 0.386. The summed E-state index contributed by atoms with van der Waals surface area (Å²) in [5.74, 6) is 1.45. The third-order valence-corrected chi connectivity index (χ3v) is 5.91. The summed E-state index contributed by atoms with van der Waals surface area (Å²) >= 11 is 0. The van der Waals surface area contributed by atoms with Crippen LogP contribution in [0, 0.1) is 0 Å². The van der Waals surface area contributed by atoms with Gasteiger partial charge in [-0.2, -0.15) is 0 Å². The van der Waals surface area contributed by atoms with Gasteiger partial charge in [0, 0.05) is 61.6 Å². The minimum Gasteiger partial charge on any atom is -0.497 e. The number of hydrogen-bond donors (Lipinski definition) is 1. The van der Waals surface area contributed by atoms with E-state index in [1.165, 1.54) is 6.26 Å². The van der Waals surface area contributed by atoms with Crippen molar-refractivity contribution in [3.63, 3.8) is 0 Å². The van der Waals surface area contributed by atoms with Gasteiger partial charge in [-0.3, -0.25) is 15.0 Å². The van der Waals surface area contributed by atoms with Crippen LogP contribution in [0.2, 0.25) is 0 Å². The lowest BCUT2D eigenvalue weighted by Crippen LogP contribution is -2.07. The Morgan fingerprint density at radius 3 is 1.67 bits per heavy atom. The fourth-order valence-corrected chi connectivity index (χ4v) is 3.75. The molecule has 0 amide bonds. The van der Waals surface area contributed by atoms with Gasteiger partial charge in [0.25, 0.3) is 0 Å². The average molecular weight is 508 g/mol. The van der Waals surface area contributed by atoms with Gasteiger partial charge in [-0.1, -0.05) is 12.1 Å². The molecule has 4 aromatic heterocycles. The molecule has 0 saturated carbocycles. The highest BCUT2D eigenvalue weighted by Gasteiger charge is 2.09. The van der Waals surface area contributed by atoms with Crippen molar-refractivity contribution < 1.29 is 17.9 Å². The molecule has 0 spiro atoms. The van der Waals surface area contributed by atoms with E-state index in [1.54, 1.807) is 38.7 Å². The summed E-state index contributed by atoms with van der Waals surface area (Å²) in [5, 5.41) is 0. The number of hydrogen-bond acceptors (Lipinski definition) is 9. The zero-order chi connectivity index (χ0) is 26.0. The molecule has 10 heteroatoms. The number of pyridine rings is 4. The van der Waals surface area contributed by atoms with Gasteiger partial charge >= 0.3 is 0 Å². The van der Waals surface area contributed by atoms with Gasteiger partial charge in [-0.05, 0) is 24.3 Å². The Bertz CT molecular complexity index is 1350. The lowest BCUT2D eigenvalue weighted by Gasteiger charge is -2.07. The summed E-state index contributed by atoms with van der Waals surface area (Å²) in [6, 6.07) is 18.5. The molecule has 0 aliphatic carbocycles. The highest BCUT2D eigenvalue weighted by Crippen LogP contribution is 2.22. The van der Waals surface area contributed by atoms with Crippen molar-refractivity contribution in [1.82, 2.24) is 19.9 Å². The van der Waals surface area contributed by atoms with E-state index in [0.717, 1.165) is 28.5 Å². The number of aromatic nitrogens is 4. The lowest BCUT2D eigenvalue weighted by molar-refractivity contribution is 0.413. The van der Waals surface area contributed by atoms with Crippen molar-refractivity contribution in [3.8, 4) is 34.3 Å². The summed E-state index contributed by atoms with van der Waals surface area (Å²) in [6.07, 6.45) is 4.99. The molecule has 0 aliphatic rings. The average Bonchev–Trinajstić information content (AvgIpc) is 2.92. The number of rotatable bonds is 8. The summed E-state index contributed by atoms with van der Waals surface area (Å²) in [5.41, 5.74) is 10.0. The molecule has 0 atom stereocenters. The molecule has 0 fully saturated rings. The monoisotopic (exact) mass is 507 g/mol. The van der Waals surface area contributed by atoms with Crippen LogP contribution in [0.5, 0.6) is 11.5 Å². The molecule has 0 aliphatic heterocycles. The third kappa shape index (κ3) is 8.10. The molecule has 4 rings (SSSR count). The summed E-state index contributed by atoms with van der Waals surface area (Å²) < 4.78 is 32.9. The van der Waals surface area contributed by atoms with Crippen molar-refractivity contribution in [2.24, 2.45) is 5.73 Å². The van der Waals surface area contributed by atoms with E-state index in [2.05, 4.69) is 19.9 Å². The SMILES string of the molecule is COc1cc(CCS(C)(=O)=O)nc(-c2ccccn2)c1.COc1cc(CN)nc(-c2ccccn2)c1. The highest BCUT2D eigenvalue weighted by molar-refractivity contribution is 7.90. The smallest absolute Gasteiger partial charge is 0.147 e. The fraction of sp³-hybridized carbons (Fsp3) is 0.231. The molecule has 4 aromatic rings. The molecule has 4 heterocycles. The first kappa shape index (κ1) is 26.7. The van der Waals surface area contributed by atoms with Crippen LogP contribution in [0.25, 0.3) is 22.8 Å². The Labute approximate surface area is 211 Å². The molecule has 0 unspecified atom stereocenters. The fourth-order valence-electron chi connectivity index (χ4n) is 3.17. The summed E-state index contributed by atoms with van der Waals surface area (Å²) in [7, 11) is 0.174. The molecule has 188 valence electrons. The highest BCUT2D eigenvalue weighted by atomic mass is 32.2. The van der Waals surface area contributed by atoms with Crippen LogP contribution in [-0.2, 0) is 22.8 Å². The number of sulfone groups is 1. The predicted molar refractivity (Wildman–Crippen MR) is 139 cm³/mol. The first-order valence-electron chi connectivity index (χ1n) is 11.1. The lowest BCUT2D eigenvalue weighted by atomic mass is 10.2. The van der Waals surface area contributed by atoms with Crippen LogP contribution < -0.4 is 15.2 Å². The Balaban J connectivity index is 0.000000205.